The third kappa shape index (κ3) is 6.36. The number of likely N-dealkylation sites (tertiary alicyclic amines) is 1. The number of carbonyl (C=O) groups excluding carboxylic acids is 2. The molecule has 0 unspecified atom stereocenters. The van der Waals surface area contributed by atoms with Crippen molar-refractivity contribution in [3.8, 4) is 23.0 Å². The first-order valence-corrected chi connectivity index (χ1v) is 13.7. The van der Waals surface area contributed by atoms with Crippen LogP contribution in [0.25, 0.3) is 5.76 Å². The van der Waals surface area contributed by atoms with E-state index in [2.05, 4.69) is 18.7 Å². The van der Waals surface area contributed by atoms with Gasteiger partial charge in [0.15, 0.2) is 11.5 Å². The Morgan fingerprint density at radius 3 is 2.12 bits per heavy atom. The molecule has 1 amide bonds. The lowest BCUT2D eigenvalue weighted by molar-refractivity contribution is -0.140. The number of nitrogens with zero attached hydrogens (tertiary/aromatic N) is 2. The van der Waals surface area contributed by atoms with Crippen LogP contribution < -0.4 is 18.9 Å². The lowest BCUT2D eigenvalue weighted by Gasteiger charge is -2.29. The fourth-order valence-electron chi connectivity index (χ4n) is 4.91. The Morgan fingerprint density at radius 2 is 1.62 bits per heavy atom. The molecule has 0 bridgehead atoms. The highest BCUT2D eigenvalue weighted by atomic mass is 16.5. The number of carbonyl (C=O) groups is 2. The largest absolute Gasteiger partial charge is 0.507 e. The summed E-state index contributed by atoms with van der Waals surface area (Å²) in [6, 6.07) is 7.87. The molecule has 0 saturated carbocycles. The lowest BCUT2D eigenvalue weighted by atomic mass is 9.93. The van der Waals surface area contributed by atoms with Crippen molar-refractivity contribution >= 4 is 17.4 Å². The average Bonchev–Trinajstić information content (AvgIpc) is 3.20. The Morgan fingerprint density at radius 1 is 1.00 bits per heavy atom. The number of hydrogen-bond acceptors (Lipinski definition) is 8. The van der Waals surface area contributed by atoms with Gasteiger partial charge in [-0.2, -0.15) is 0 Å². The third-order valence-electron chi connectivity index (χ3n) is 7.13. The summed E-state index contributed by atoms with van der Waals surface area (Å²) in [4.78, 5) is 30.7. The molecule has 1 N–H and O–H groups in total. The van der Waals surface area contributed by atoms with Crippen molar-refractivity contribution in [1.29, 1.82) is 0 Å². The van der Waals surface area contributed by atoms with Gasteiger partial charge < -0.3 is 33.9 Å². The van der Waals surface area contributed by atoms with Gasteiger partial charge >= 0.3 is 0 Å². The minimum absolute atomic E-state index is 0.0118. The summed E-state index contributed by atoms with van der Waals surface area (Å²) in [7, 11) is 4.52. The molecule has 40 heavy (non-hydrogen) atoms. The molecule has 1 saturated heterocycles. The van der Waals surface area contributed by atoms with Gasteiger partial charge in [0.2, 0.25) is 5.75 Å². The van der Waals surface area contributed by atoms with E-state index in [4.69, 9.17) is 18.9 Å². The molecule has 2 aromatic rings. The highest BCUT2D eigenvalue weighted by Crippen LogP contribution is 2.46. The van der Waals surface area contributed by atoms with E-state index in [1.165, 1.54) is 26.2 Å². The monoisotopic (exact) mass is 554 g/mol. The summed E-state index contributed by atoms with van der Waals surface area (Å²) in [5.74, 6) is 0.542. The zero-order valence-electron chi connectivity index (χ0n) is 24.9. The number of amides is 1. The molecule has 0 spiro atoms. The van der Waals surface area contributed by atoms with E-state index in [1.54, 1.807) is 24.3 Å². The zero-order valence-corrected chi connectivity index (χ0v) is 24.9. The van der Waals surface area contributed by atoms with Crippen LogP contribution in [-0.2, 0) is 9.59 Å². The van der Waals surface area contributed by atoms with Crippen LogP contribution in [0.3, 0.4) is 0 Å². The summed E-state index contributed by atoms with van der Waals surface area (Å²) < 4.78 is 22.4. The Balaban J connectivity index is 2.19. The second-order valence-corrected chi connectivity index (χ2v) is 10.2. The second-order valence-electron chi connectivity index (χ2n) is 10.2. The number of ether oxygens (including phenoxy) is 4. The molecular weight excluding hydrogens is 512 g/mol. The lowest BCUT2D eigenvalue weighted by Crippen LogP contribution is -2.38. The van der Waals surface area contributed by atoms with Gasteiger partial charge in [-0.05, 0) is 67.4 Å². The fourth-order valence-corrected chi connectivity index (χ4v) is 4.91. The molecule has 2 aromatic carbocycles. The normalized spacial score (nSPS) is 16.6. The summed E-state index contributed by atoms with van der Waals surface area (Å²) in [5, 5.41) is 11.6. The van der Waals surface area contributed by atoms with Crippen molar-refractivity contribution in [1.82, 2.24) is 9.80 Å². The molecule has 9 nitrogen and oxygen atoms in total. The smallest absolute Gasteiger partial charge is 0.295 e. The first-order valence-electron chi connectivity index (χ1n) is 13.7. The van der Waals surface area contributed by atoms with Gasteiger partial charge in [-0.3, -0.25) is 9.59 Å². The molecule has 0 aliphatic carbocycles. The minimum Gasteiger partial charge on any atom is -0.507 e. The number of ketones is 1. The maximum absolute atomic E-state index is 13.6. The van der Waals surface area contributed by atoms with Crippen LogP contribution in [-0.4, -0.2) is 80.7 Å². The van der Waals surface area contributed by atoms with Gasteiger partial charge in [-0.25, -0.2) is 0 Å². The van der Waals surface area contributed by atoms with Crippen molar-refractivity contribution in [2.24, 2.45) is 5.92 Å². The van der Waals surface area contributed by atoms with Crippen LogP contribution in [0.2, 0.25) is 0 Å². The SMILES string of the molecule is CCN(CC)CCN1C(=O)C(=O)C(=C(O)c2ccc(OCC(C)C)cc2C)[C@@H]1c1cc(OC)c(OC)c(OC)c1. The topological polar surface area (TPSA) is 97.8 Å². The Labute approximate surface area is 237 Å². The van der Waals surface area contributed by atoms with Crippen molar-refractivity contribution in [2.45, 2.75) is 40.7 Å². The molecule has 218 valence electrons. The van der Waals surface area contributed by atoms with Crippen molar-refractivity contribution < 1.29 is 33.6 Å². The van der Waals surface area contributed by atoms with Crippen LogP contribution in [0, 0.1) is 12.8 Å². The van der Waals surface area contributed by atoms with E-state index >= 15 is 0 Å². The van der Waals surface area contributed by atoms with Crippen molar-refractivity contribution in [3.05, 3.63) is 52.6 Å². The van der Waals surface area contributed by atoms with Crippen LogP contribution in [0.15, 0.2) is 35.9 Å². The summed E-state index contributed by atoms with van der Waals surface area (Å²) in [6.07, 6.45) is 0. The van der Waals surface area contributed by atoms with Gasteiger partial charge in [0.25, 0.3) is 11.7 Å². The van der Waals surface area contributed by atoms with Crippen molar-refractivity contribution in [3.63, 3.8) is 0 Å². The minimum atomic E-state index is -0.861. The maximum atomic E-state index is 13.6. The average molecular weight is 555 g/mol. The molecule has 0 radical (unpaired) electrons. The summed E-state index contributed by atoms with van der Waals surface area (Å²) in [5.41, 5.74) is 1.75. The van der Waals surface area contributed by atoms with Crippen LogP contribution in [0.4, 0.5) is 0 Å². The molecule has 0 aromatic heterocycles. The van der Waals surface area contributed by atoms with Gasteiger partial charge in [0.05, 0.1) is 39.6 Å². The van der Waals surface area contributed by atoms with Crippen molar-refractivity contribution in [2.75, 3.05) is 54.1 Å². The number of methoxy groups -OCH3 is 3. The number of hydrogen-bond donors (Lipinski definition) is 1. The highest BCUT2D eigenvalue weighted by molar-refractivity contribution is 6.46. The first kappa shape index (κ1) is 30.8. The molecule has 9 heteroatoms. The van der Waals surface area contributed by atoms with Gasteiger partial charge in [0, 0.05) is 18.7 Å². The Hall–Kier alpha value is -3.72. The van der Waals surface area contributed by atoms with Crippen LogP contribution >= 0.6 is 0 Å². The molecule has 1 aliphatic heterocycles. The molecule has 1 aliphatic rings. The fraction of sp³-hybridized carbons (Fsp3) is 0.484. The first-order chi connectivity index (χ1) is 19.1. The maximum Gasteiger partial charge on any atom is 0.295 e. The van der Waals surface area contributed by atoms with Crippen LogP contribution in [0.1, 0.15) is 50.4 Å². The number of aliphatic hydroxyl groups is 1. The van der Waals surface area contributed by atoms with E-state index in [0.29, 0.717) is 59.7 Å². The predicted octanol–water partition coefficient (Wildman–Crippen LogP) is 4.82. The molecular formula is C31H42N2O7. The second kappa shape index (κ2) is 13.6. The standard InChI is InChI=1S/C31H42N2O7/c1-9-32(10-2)13-14-33-27(21-16-24(37-6)30(39-8)25(17-21)38-7)26(29(35)31(33)36)28(34)23-12-11-22(15-20(23)5)40-18-19(3)4/h11-12,15-17,19,27,34H,9-10,13-14,18H2,1-8H3/t27-/m0/s1. The predicted molar refractivity (Wildman–Crippen MR) is 154 cm³/mol. The van der Waals surface area contributed by atoms with Gasteiger partial charge in [0.1, 0.15) is 11.5 Å². The number of aliphatic hydroxyl groups excluding tert-OH is 1. The van der Waals surface area contributed by atoms with E-state index in [9.17, 15) is 14.7 Å². The Kier molecular flexibility index (Phi) is 10.5. The molecule has 3 rings (SSSR count). The van der Waals surface area contributed by atoms with Gasteiger partial charge in [-0.15, -0.1) is 0 Å². The zero-order chi connectivity index (χ0) is 29.6. The molecule has 1 fully saturated rings. The van der Waals surface area contributed by atoms with Crippen LogP contribution in [0.5, 0.6) is 23.0 Å². The Bertz CT molecular complexity index is 1230. The highest BCUT2D eigenvalue weighted by Gasteiger charge is 2.46. The number of likely N-dealkylation sites (N-methyl/N-ethyl adjacent to an activating group) is 1. The third-order valence-corrected chi connectivity index (χ3v) is 7.13. The quantitative estimate of drug-likeness (QED) is 0.214. The number of aryl methyl sites for hydroxylation is 1. The summed E-state index contributed by atoms with van der Waals surface area (Å²) >= 11 is 0. The summed E-state index contributed by atoms with van der Waals surface area (Å²) in [6.45, 7) is 13.1. The van der Waals surface area contributed by atoms with E-state index < -0.39 is 17.7 Å². The van der Waals surface area contributed by atoms with Gasteiger partial charge in [-0.1, -0.05) is 27.7 Å². The van der Waals surface area contributed by atoms with E-state index in [0.717, 1.165) is 18.7 Å². The number of benzene rings is 2. The number of rotatable bonds is 13. The van der Waals surface area contributed by atoms with E-state index in [1.807, 2.05) is 26.8 Å². The molecule has 1 atom stereocenters. The number of Topliss-reactive ketones (excluding diaryl/α,β-unsaturated/α-hetero) is 1. The van der Waals surface area contributed by atoms with E-state index in [-0.39, 0.29) is 11.3 Å². The molecule has 1 heterocycles.